The van der Waals surface area contributed by atoms with E-state index in [-0.39, 0.29) is 17.2 Å². The lowest BCUT2D eigenvalue weighted by Crippen LogP contribution is -2.33. The van der Waals surface area contributed by atoms with Gasteiger partial charge >= 0.3 is 0 Å². The zero-order valence-electron chi connectivity index (χ0n) is 17.7. The first-order valence-electron chi connectivity index (χ1n) is 10.4. The van der Waals surface area contributed by atoms with Gasteiger partial charge in [-0.05, 0) is 29.7 Å². The van der Waals surface area contributed by atoms with Gasteiger partial charge in [0.05, 0.1) is 19.0 Å². The molecule has 4 rings (SSSR count). The van der Waals surface area contributed by atoms with Crippen LogP contribution in [0, 0.1) is 5.92 Å². The Hall–Kier alpha value is -2.50. The zero-order chi connectivity index (χ0) is 22.8. The van der Waals surface area contributed by atoms with Crippen LogP contribution in [0.4, 0.5) is 5.82 Å². The van der Waals surface area contributed by atoms with Crippen LogP contribution >= 0.6 is 11.6 Å². The second kappa shape index (κ2) is 9.55. The van der Waals surface area contributed by atoms with Crippen LogP contribution in [0.15, 0.2) is 36.7 Å². The summed E-state index contributed by atoms with van der Waals surface area (Å²) in [5.74, 6) is 1.38. The maximum atomic E-state index is 10.4. The highest BCUT2D eigenvalue weighted by Gasteiger charge is 2.44. The van der Waals surface area contributed by atoms with E-state index in [0.29, 0.717) is 23.6 Å². The Labute approximate surface area is 189 Å². The molecule has 1 aliphatic heterocycles. The van der Waals surface area contributed by atoms with Gasteiger partial charge in [0, 0.05) is 0 Å². The molecule has 0 spiro atoms. The quantitative estimate of drug-likeness (QED) is 0.367. The third kappa shape index (κ3) is 4.50. The first-order valence-corrected chi connectivity index (χ1v) is 10.7. The van der Waals surface area contributed by atoms with Gasteiger partial charge < -0.3 is 30.1 Å². The minimum Gasteiger partial charge on any atom is -0.491 e. The van der Waals surface area contributed by atoms with E-state index >= 15 is 0 Å². The molecule has 11 heteroatoms. The summed E-state index contributed by atoms with van der Waals surface area (Å²) >= 11 is 6.19. The second-order valence-corrected chi connectivity index (χ2v) is 8.35. The van der Waals surface area contributed by atoms with Crippen LogP contribution in [0.2, 0.25) is 5.28 Å². The van der Waals surface area contributed by atoms with E-state index in [1.807, 2.05) is 30.3 Å². The van der Waals surface area contributed by atoms with E-state index < -0.39 is 31.1 Å². The van der Waals surface area contributed by atoms with Gasteiger partial charge in [0.25, 0.3) is 0 Å². The van der Waals surface area contributed by atoms with Gasteiger partial charge in [-0.2, -0.15) is 9.97 Å². The standard InChI is InChI=1S/C21H26ClN5O5/c1-11(2)13(9-31-12-6-4-3-5-7-12)24-18-15-19(26-21(22)25-18)27(10-23-15)20-17(30)16(29)14(8-28)32-20/h3-7,10-11,13-14,16-17,20,28-30H,8-9H2,1-2H3,(H,24,25,26)/t13-,14+,16?,17?,20+/m0/s1. The maximum Gasteiger partial charge on any atom is 0.226 e. The minimum absolute atomic E-state index is 0.0139. The lowest BCUT2D eigenvalue weighted by atomic mass is 10.1. The van der Waals surface area contributed by atoms with Gasteiger partial charge in [-0.25, -0.2) is 4.98 Å². The van der Waals surface area contributed by atoms with E-state index in [1.165, 1.54) is 10.9 Å². The third-order valence-electron chi connectivity index (χ3n) is 5.49. The summed E-state index contributed by atoms with van der Waals surface area (Å²) in [6, 6.07) is 9.41. The number of hydrogen-bond donors (Lipinski definition) is 4. The molecular weight excluding hydrogens is 438 g/mol. The first-order chi connectivity index (χ1) is 15.4. The lowest BCUT2D eigenvalue weighted by Gasteiger charge is -2.23. The summed E-state index contributed by atoms with van der Waals surface area (Å²) in [6.45, 7) is 4.08. The smallest absolute Gasteiger partial charge is 0.226 e. The minimum atomic E-state index is -1.27. The molecule has 0 amide bonds. The molecule has 4 N–H and O–H groups in total. The van der Waals surface area contributed by atoms with Crippen molar-refractivity contribution in [3.8, 4) is 5.75 Å². The van der Waals surface area contributed by atoms with Crippen molar-refractivity contribution in [3.05, 3.63) is 41.9 Å². The van der Waals surface area contributed by atoms with Gasteiger partial charge in [0.2, 0.25) is 5.28 Å². The Morgan fingerprint density at radius 3 is 2.59 bits per heavy atom. The van der Waals surface area contributed by atoms with Crippen molar-refractivity contribution in [2.45, 2.75) is 44.4 Å². The summed E-state index contributed by atoms with van der Waals surface area (Å²) < 4.78 is 13.0. The van der Waals surface area contributed by atoms with E-state index in [1.54, 1.807) is 0 Å². The summed E-state index contributed by atoms with van der Waals surface area (Å²) in [6.07, 6.45) is -2.96. The van der Waals surface area contributed by atoms with Crippen molar-refractivity contribution in [3.63, 3.8) is 0 Å². The van der Waals surface area contributed by atoms with Gasteiger partial charge in [0.15, 0.2) is 23.2 Å². The normalized spacial score (nSPS) is 24.2. The van der Waals surface area contributed by atoms with Crippen LogP contribution in [-0.4, -0.2) is 72.4 Å². The van der Waals surface area contributed by atoms with Crippen molar-refractivity contribution in [1.82, 2.24) is 19.5 Å². The number of fused-ring (bicyclic) bond motifs is 1. The largest absolute Gasteiger partial charge is 0.491 e. The topological polar surface area (TPSA) is 135 Å². The molecule has 32 heavy (non-hydrogen) atoms. The zero-order valence-corrected chi connectivity index (χ0v) is 18.4. The van der Waals surface area contributed by atoms with E-state index in [2.05, 4.69) is 34.1 Å². The number of imidazole rings is 1. The fourth-order valence-electron chi connectivity index (χ4n) is 3.57. The number of nitrogens with one attached hydrogen (secondary N) is 1. The Morgan fingerprint density at radius 2 is 1.94 bits per heavy atom. The monoisotopic (exact) mass is 463 g/mol. The number of nitrogens with zero attached hydrogens (tertiary/aromatic N) is 4. The fourth-order valence-corrected chi connectivity index (χ4v) is 3.73. The lowest BCUT2D eigenvalue weighted by molar-refractivity contribution is -0.0511. The third-order valence-corrected chi connectivity index (χ3v) is 5.65. The van der Waals surface area contributed by atoms with Crippen LogP contribution in [0.5, 0.6) is 5.75 Å². The second-order valence-electron chi connectivity index (χ2n) is 8.01. The molecule has 2 unspecified atom stereocenters. The van der Waals surface area contributed by atoms with Crippen molar-refractivity contribution >= 4 is 28.6 Å². The van der Waals surface area contributed by atoms with Gasteiger partial charge in [-0.3, -0.25) is 4.57 Å². The van der Waals surface area contributed by atoms with Gasteiger partial charge in [-0.1, -0.05) is 32.0 Å². The van der Waals surface area contributed by atoms with E-state index in [4.69, 9.17) is 21.1 Å². The number of aliphatic hydroxyl groups excluding tert-OH is 3. The Bertz CT molecular complexity index is 1050. The number of aliphatic hydroxyl groups is 3. The summed E-state index contributed by atoms with van der Waals surface area (Å²) in [4.78, 5) is 12.9. The number of anilines is 1. The predicted molar refractivity (Wildman–Crippen MR) is 118 cm³/mol. The molecule has 1 aliphatic rings. The molecule has 172 valence electrons. The highest BCUT2D eigenvalue weighted by atomic mass is 35.5. The summed E-state index contributed by atoms with van der Waals surface area (Å²) in [5, 5.41) is 33.2. The van der Waals surface area contributed by atoms with Crippen LogP contribution in [0.25, 0.3) is 11.2 Å². The number of halogens is 1. The molecular formula is C21H26ClN5O5. The molecule has 1 fully saturated rings. The molecule has 0 radical (unpaired) electrons. The van der Waals surface area contributed by atoms with Crippen LogP contribution in [0.1, 0.15) is 20.1 Å². The molecule has 3 aromatic rings. The molecule has 2 aromatic heterocycles. The molecule has 0 saturated carbocycles. The Morgan fingerprint density at radius 1 is 1.19 bits per heavy atom. The summed E-state index contributed by atoms with van der Waals surface area (Å²) in [7, 11) is 0. The van der Waals surface area contributed by atoms with Gasteiger partial charge in [-0.15, -0.1) is 0 Å². The number of para-hydroxylation sites is 1. The molecule has 5 atom stereocenters. The molecule has 1 aromatic carbocycles. The first kappa shape index (κ1) is 22.7. The van der Waals surface area contributed by atoms with Crippen LogP contribution in [0.3, 0.4) is 0 Å². The van der Waals surface area contributed by atoms with E-state index in [9.17, 15) is 15.3 Å². The fraction of sp³-hybridized carbons (Fsp3) is 0.476. The molecule has 10 nitrogen and oxygen atoms in total. The van der Waals surface area contributed by atoms with Crippen molar-refractivity contribution in [2.24, 2.45) is 5.92 Å². The summed E-state index contributed by atoms with van der Waals surface area (Å²) in [5.41, 5.74) is 0.756. The van der Waals surface area contributed by atoms with Crippen molar-refractivity contribution in [1.29, 1.82) is 0 Å². The number of ether oxygens (including phenoxy) is 2. The molecule has 1 saturated heterocycles. The van der Waals surface area contributed by atoms with Crippen LogP contribution in [-0.2, 0) is 4.74 Å². The Balaban J connectivity index is 1.60. The molecule has 0 bridgehead atoms. The highest BCUT2D eigenvalue weighted by Crippen LogP contribution is 2.33. The average molecular weight is 464 g/mol. The molecule has 3 heterocycles. The SMILES string of the molecule is CC(C)[C@H](COc1ccccc1)Nc1nc(Cl)nc2c1ncn2[C@@H]1O[C@H](CO)C(O)C1O. The van der Waals surface area contributed by atoms with Crippen molar-refractivity contribution < 1.29 is 24.8 Å². The molecule has 0 aliphatic carbocycles. The average Bonchev–Trinajstić information content (AvgIpc) is 3.32. The Kier molecular flexibility index (Phi) is 6.77. The predicted octanol–water partition coefficient (Wildman–Crippen LogP) is 1.61. The number of aromatic nitrogens is 4. The van der Waals surface area contributed by atoms with Crippen LogP contribution < -0.4 is 10.1 Å². The number of hydrogen-bond acceptors (Lipinski definition) is 9. The van der Waals surface area contributed by atoms with E-state index in [0.717, 1.165) is 5.75 Å². The number of rotatable bonds is 8. The number of benzene rings is 1. The van der Waals surface area contributed by atoms with Crippen molar-refractivity contribution in [2.75, 3.05) is 18.5 Å². The highest BCUT2D eigenvalue weighted by molar-refractivity contribution is 6.28. The maximum absolute atomic E-state index is 10.4. The van der Waals surface area contributed by atoms with Gasteiger partial charge in [0.1, 0.15) is 30.7 Å².